The van der Waals surface area contributed by atoms with Crippen molar-refractivity contribution in [1.29, 1.82) is 0 Å². The number of aryl methyl sites for hydroxylation is 1. The molecule has 0 unspecified atom stereocenters. The van der Waals surface area contributed by atoms with Crippen molar-refractivity contribution in [3.63, 3.8) is 0 Å². The molecule has 0 bridgehead atoms. The monoisotopic (exact) mass is 222 g/mol. The van der Waals surface area contributed by atoms with Gasteiger partial charge in [0.2, 0.25) is 0 Å². The van der Waals surface area contributed by atoms with E-state index in [1.165, 1.54) is 16.2 Å². The quantitative estimate of drug-likeness (QED) is 0.642. The lowest BCUT2D eigenvalue weighted by atomic mass is 10.00. The first-order valence-electron chi connectivity index (χ1n) is 5.78. The molecule has 0 atom stereocenters. The van der Waals surface area contributed by atoms with Crippen LogP contribution in [0.5, 0.6) is 0 Å². The van der Waals surface area contributed by atoms with Gasteiger partial charge in [0, 0.05) is 23.0 Å². The second-order valence-electron chi connectivity index (χ2n) is 4.26. The average Bonchev–Trinajstić information content (AvgIpc) is 2.38. The molecule has 0 spiro atoms. The summed E-state index contributed by atoms with van der Waals surface area (Å²) in [6.45, 7) is 2.60. The molecule has 0 saturated carbocycles. The maximum atomic E-state index is 5.82. The Morgan fingerprint density at radius 3 is 2.53 bits per heavy atom. The molecule has 0 aliphatic rings. The van der Waals surface area contributed by atoms with Crippen LogP contribution in [0.25, 0.3) is 21.7 Å². The molecule has 2 heteroatoms. The molecule has 3 rings (SSSR count). The summed E-state index contributed by atoms with van der Waals surface area (Å²) in [4.78, 5) is 4.66. The molecular formula is C15H14N2. The maximum Gasteiger partial charge on any atom is 0.0714 e. The van der Waals surface area contributed by atoms with Crippen LogP contribution in [0, 0.1) is 6.92 Å². The first-order chi connectivity index (χ1) is 8.31. The van der Waals surface area contributed by atoms with Crippen molar-refractivity contribution in [3.05, 3.63) is 53.7 Å². The van der Waals surface area contributed by atoms with E-state index in [4.69, 9.17) is 5.73 Å². The van der Waals surface area contributed by atoms with Gasteiger partial charge in [-0.3, -0.25) is 4.98 Å². The first-order valence-corrected chi connectivity index (χ1v) is 5.78. The van der Waals surface area contributed by atoms with Crippen LogP contribution < -0.4 is 5.73 Å². The maximum absolute atomic E-state index is 5.82. The van der Waals surface area contributed by atoms with Crippen LogP contribution in [0.3, 0.4) is 0 Å². The highest BCUT2D eigenvalue weighted by Gasteiger charge is 2.07. The fraction of sp³-hybridized carbons (Fsp3) is 0.133. The minimum Gasteiger partial charge on any atom is -0.326 e. The van der Waals surface area contributed by atoms with Crippen LogP contribution in [-0.2, 0) is 6.54 Å². The Bertz CT molecular complexity index is 702. The molecule has 0 amide bonds. The normalized spacial score (nSPS) is 11.2. The molecule has 3 aromatic rings. The molecule has 84 valence electrons. The van der Waals surface area contributed by atoms with Crippen molar-refractivity contribution in [3.8, 4) is 0 Å². The van der Waals surface area contributed by atoms with Gasteiger partial charge in [-0.25, -0.2) is 0 Å². The lowest BCUT2D eigenvalue weighted by Crippen LogP contribution is -1.99. The Morgan fingerprint density at radius 1 is 1.00 bits per heavy atom. The Balaban J connectivity index is 2.60. The highest BCUT2D eigenvalue weighted by Crippen LogP contribution is 2.28. The van der Waals surface area contributed by atoms with Crippen LogP contribution in [-0.4, -0.2) is 4.98 Å². The number of nitrogens with zero attached hydrogens (tertiary/aromatic N) is 1. The summed E-state index contributed by atoms with van der Waals surface area (Å²) in [5, 5.41) is 3.65. The molecule has 2 aromatic carbocycles. The number of hydrogen-bond donors (Lipinski definition) is 1. The van der Waals surface area contributed by atoms with E-state index in [9.17, 15) is 0 Å². The molecule has 1 heterocycles. The Labute approximate surface area is 100 Å². The van der Waals surface area contributed by atoms with Gasteiger partial charge in [0.05, 0.1) is 5.52 Å². The van der Waals surface area contributed by atoms with E-state index in [0.29, 0.717) is 6.54 Å². The third kappa shape index (κ3) is 1.49. The summed E-state index contributed by atoms with van der Waals surface area (Å²) in [6.07, 6.45) is 0. The largest absolute Gasteiger partial charge is 0.326 e. The lowest BCUT2D eigenvalue weighted by molar-refractivity contribution is 1.09. The van der Waals surface area contributed by atoms with Gasteiger partial charge in [-0.15, -0.1) is 0 Å². The highest BCUT2D eigenvalue weighted by molar-refractivity contribution is 6.08. The van der Waals surface area contributed by atoms with Crippen LogP contribution in [0.1, 0.15) is 11.3 Å². The SMILES string of the molecule is Cc1nc2cccc(CN)c2c2ccccc12. The van der Waals surface area contributed by atoms with E-state index in [2.05, 4.69) is 36.2 Å². The van der Waals surface area contributed by atoms with Crippen molar-refractivity contribution < 1.29 is 0 Å². The van der Waals surface area contributed by atoms with Gasteiger partial charge in [-0.2, -0.15) is 0 Å². The van der Waals surface area contributed by atoms with Gasteiger partial charge >= 0.3 is 0 Å². The van der Waals surface area contributed by atoms with Gasteiger partial charge < -0.3 is 5.73 Å². The molecule has 2 N–H and O–H groups in total. The summed E-state index contributed by atoms with van der Waals surface area (Å²) in [7, 11) is 0. The van der Waals surface area contributed by atoms with E-state index >= 15 is 0 Å². The van der Waals surface area contributed by atoms with Crippen molar-refractivity contribution in [2.75, 3.05) is 0 Å². The average molecular weight is 222 g/mol. The van der Waals surface area contributed by atoms with E-state index in [-0.39, 0.29) is 0 Å². The summed E-state index contributed by atoms with van der Waals surface area (Å²) in [5.41, 5.74) is 9.08. The second kappa shape index (κ2) is 3.82. The molecule has 17 heavy (non-hydrogen) atoms. The fourth-order valence-corrected chi connectivity index (χ4v) is 2.42. The molecule has 0 radical (unpaired) electrons. The van der Waals surface area contributed by atoms with E-state index in [1.807, 2.05) is 18.2 Å². The molecule has 2 nitrogen and oxygen atoms in total. The van der Waals surface area contributed by atoms with Crippen molar-refractivity contribution in [2.24, 2.45) is 5.73 Å². The van der Waals surface area contributed by atoms with E-state index in [0.717, 1.165) is 16.8 Å². The van der Waals surface area contributed by atoms with Crippen LogP contribution in [0.4, 0.5) is 0 Å². The number of nitrogens with two attached hydrogens (primary N) is 1. The predicted octanol–water partition coefficient (Wildman–Crippen LogP) is 3.16. The zero-order chi connectivity index (χ0) is 11.8. The summed E-state index contributed by atoms with van der Waals surface area (Å²) in [5.74, 6) is 0. The van der Waals surface area contributed by atoms with Crippen molar-refractivity contribution in [1.82, 2.24) is 4.98 Å². The Hall–Kier alpha value is -1.93. The third-order valence-electron chi connectivity index (χ3n) is 3.22. The van der Waals surface area contributed by atoms with Crippen molar-refractivity contribution in [2.45, 2.75) is 13.5 Å². The topological polar surface area (TPSA) is 38.9 Å². The van der Waals surface area contributed by atoms with Crippen molar-refractivity contribution >= 4 is 21.7 Å². The van der Waals surface area contributed by atoms with Crippen LogP contribution >= 0.6 is 0 Å². The smallest absolute Gasteiger partial charge is 0.0714 e. The molecule has 0 saturated heterocycles. The summed E-state index contributed by atoms with van der Waals surface area (Å²) >= 11 is 0. The van der Waals surface area contributed by atoms with Gasteiger partial charge in [-0.05, 0) is 23.9 Å². The number of fused-ring (bicyclic) bond motifs is 3. The van der Waals surface area contributed by atoms with Gasteiger partial charge in [0.25, 0.3) is 0 Å². The lowest BCUT2D eigenvalue weighted by Gasteiger charge is -2.09. The first kappa shape index (κ1) is 10.2. The fourth-order valence-electron chi connectivity index (χ4n) is 2.42. The molecule has 0 aliphatic carbocycles. The van der Waals surface area contributed by atoms with Gasteiger partial charge in [0.1, 0.15) is 0 Å². The molecule has 0 aliphatic heterocycles. The van der Waals surface area contributed by atoms with E-state index < -0.39 is 0 Å². The Kier molecular flexibility index (Phi) is 2.30. The molecule has 0 fully saturated rings. The molecule has 1 aromatic heterocycles. The summed E-state index contributed by atoms with van der Waals surface area (Å²) in [6, 6.07) is 14.5. The number of hydrogen-bond acceptors (Lipinski definition) is 2. The zero-order valence-electron chi connectivity index (χ0n) is 9.77. The standard InChI is InChI=1S/C15H14N2/c1-10-12-6-2-3-7-13(12)15-11(9-16)5-4-8-14(15)17-10/h2-8H,9,16H2,1H3. The second-order valence-corrected chi connectivity index (χ2v) is 4.26. The van der Waals surface area contributed by atoms with Gasteiger partial charge in [0.15, 0.2) is 0 Å². The third-order valence-corrected chi connectivity index (χ3v) is 3.22. The predicted molar refractivity (Wildman–Crippen MR) is 71.9 cm³/mol. The molecular weight excluding hydrogens is 208 g/mol. The number of aromatic nitrogens is 1. The number of benzene rings is 2. The number of pyridine rings is 1. The zero-order valence-corrected chi connectivity index (χ0v) is 9.77. The Morgan fingerprint density at radius 2 is 1.76 bits per heavy atom. The minimum atomic E-state index is 0.548. The van der Waals surface area contributed by atoms with E-state index in [1.54, 1.807) is 0 Å². The van der Waals surface area contributed by atoms with Crippen LogP contribution in [0.15, 0.2) is 42.5 Å². The highest BCUT2D eigenvalue weighted by atomic mass is 14.7. The van der Waals surface area contributed by atoms with Gasteiger partial charge in [-0.1, -0.05) is 36.4 Å². The number of rotatable bonds is 1. The summed E-state index contributed by atoms with van der Waals surface area (Å²) < 4.78 is 0. The van der Waals surface area contributed by atoms with Crippen LogP contribution in [0.2, 0.25) is 0 Å². The minimum absolute atomic E-state index is 0.548.